The third-order valence-electron chi connectivity index (χ3n) is 3.88. The van der Waals surface area contributed by atoms with Crippen LogP contribution in [-0.2, 0) is 9.53 Å². The topological polar surface area (TPSA) is 59.2 Å². The summed E-state index contributed by atoms with van der Waals surface area (Å²) < 4.78 is 5.11. The molecule has 0 saturated heterocycles. The number of esters is 1. The maximum Gasteiger partial charge on any atom is 0.305 e. The van der Waals surface area contributed by atoms with Crippen molar-refractivity contribution in [3.05, 3.63) is 63.9 Å². The van der Waals surface area contributed by atoms with Gasteiger partial charge in [0.1, 0.15) is 6.61 Å². The highest BCUT2D eigenvalue weighted by Gasteiger charge is 2.15. The van der Waals surface area contributed by atoms with E-state index in [-0.39, 0.29) is 18.1 Å². The number of hydrogen-bond donors (Lipinski definition) is 1. The van der Waals surface area contributed by atoms with Gasteiger partial charge >= 0.3 is 5.97 Å². The maximum absolute atomic E-state index is 12.7. The first-order chi connectivity index (χ1) is 12.6. The Morgan fingerprint density at radius 2 is 1.96 bits per heavy atom. The van der Waals surface area contributed by atoms with E-state index in [1.54, 1.807) is 13.0 Å². The minimum atomic E-state index is -0.243. The molecule has 0 spiro atoms. The molecule has 0 bridgehead atoms. The molecule has 0 fully saturated rings. The van der Waals surface area contributed by atoms with Gasteiger partial charge in [0.05, 0.1) is 4.90 Å². The summed E-state index contributed by atoms with van der Waals surface area (Å²) in [5.74, 6) is 0.258. The average molecular weight is 388 g/mol. The standard InChI is InChI=1S/C20H18ClNO3S/c1-2-17(23)25-10-11-26-19-18(13-6-4-3-5-7-13)15-12-14(21)8-9-16(15)22-20(19)24/h3-9,12H,2,10-11H2,1H3,(H,22,24). The zero-order chi connectivity index (χ0) is 18.5. The largest absolute Gasteiger partial charge is 0.465 e. The Kier molecular flexibility index (Phi) is 6.01. The molecule has 0 aliphatic rings. The number of carbonyl (C=O) groups is 1. The van der Waals surface area contributed by atoms with Gasteiger partial charge in [0.2, 0.25) is 0 Å². The molecule has 3 aromatic rings. The van der Waals surface area contributed by atoms with Gasteiger partial charge in [-0.2, -0.15) is 0 Å². The van der Waals surface area contributed by atoms with Crippen molar-refractivity contribution in [1.29, 1.82) is 0 Å². The summed E-state index contributed by atoms with van der Waals surface area (Å²) in [6, 6.07) is 15.2. The summed E-state index contributed by atoms with van der Waals surface area (Å²) in [6.45, 7) is 2.01. The molecule has 0 radical (unpaired) electrons. The third-order valence-corrected chi connectivity index (χ3v) is 5.16. The summed E-state index contributed by atoms with van der Waals surface area (Å²) in [7, 11) is 0. The first-order valence-electron chi connectivity index (χ1n) is 8.29. The number of aromatic amines is 1. The Morgan fingerprint density at radius 3 is 2.69 bits per heavy atom. The second-order valence-electron chi connectivity index (χ2n) is 5.64. The molecule has 0 saturated carbocycles. The predicted octanol–water partition coefficient (Wildman–Crippen LogP) is 4.89. The van der Waals surface area contributed by atoms with Gasteiger partial charge in [-0.05, 0) is 23.8 Å². The Hall–Kier alpha value is -2.24. The fourth-order valence-electron chi connectivity index (χ4n) is 2.68. The smallest absolute Gasteiger partial charge is 0.305 e. The molecular formula is C20H18ClNO3S. The summed E-state index contributed by atoms with van der Waals surface area (Å²) in [4.78, 5) is 27.5. The lowest BCUT2D eigenvalue weighted by Gasteiger charge is -2.13. The van der Waals surface area contributed by atoms with Gasteiger partial charge < -0.3 is 9.72 Å². The molecule has 1 heterocycles. The molecule has 0 aliphatic carbocycles. The molecule has 0 aliphatic heterocycles. The van der Waals surface area contributed by atoms with Crippen LogP contribution < -0.4 is 5.56 Å². The fraction of sp³-hybridized carbons (Fsp3) is 0.200. The van der Waals surface area contributed by atoms with E-state index in [9.17, 15) is 9.59 Å². The van der Waals surface area contributed by atoms with E-state index in [1.807, 2.05) is 42.5 Å². The number of rotatable bonds is 6. The number of fused-ring (bicyclic) bond motifs is 1. The fourth-order valence-corrected chi connectivity index (χ4v) is 3.77. The van der Waals surface area contributed by atoms with E-state index >= 15 is 0 Å². The lowest BCUT2D eigenvalue weighted by molar-refractivity contribution is -0.142. The molecule has 1 N–H and O–H groups in total. The summed E-state index contributed by atoms with van der Waals surface area (Å²) in [6.07, 6.45) is 0.342. The number of thioether (sulfide) groups is 1. The molecule has 4 nitrogen and oxygen atoms in total. The number of ether oxygens (including phenoxy) is 1. The Labute approximate surface area is 160 Å². The molecule has 0 unspecified atom stereocenters. The molecule has 26 heavy (non-hydrogen) atoms. The number of pyridine rings is 1. The Bertz CT molecular complexity index is 986. The normalized spacial score (nSPS) is 10.8. The van der Waals surface area contributed by atoms with Gasteiger partial charge in [-0.25, -0.2) is 0 Å². The van der Waals surface area contributed by atoms with Crippen LogP contribution in [0.4, 0.5) is 0 Å². The molecular weight excluding hydrogens is 370 g/mol. The Morgan fingerprint density at radius 1 is 1.19 bits per heavy atom. The number of halogens is 1. The van der Waals surface area contributed by atoms with Gasteiger partial charge in [0, 0.05) is 33.7 Å². The lowest BCUT2D eigenvalue weighted by Crippen LogP contribution is -2.12. The number of aromatic nitrogens is 1. The van der Waals surface area contributed by atoms with Crippen molar-refractivity contribution in [3.63, 3.8) is 0 Å². The van der Waals surface area contributed by atoms with Crippen LogP contribution in [0.2, 0.25) is 5.02 Å². The van der Waals surface area contributed by atoms with E-state index in [1.165, 1.54) is 11.8 Å². The van der Waals surface area contributed by atoms with Crippen LogP contribution in [0.5, 0.6) is 0 Å². The van der Waals surface area contributed by atoms with Gasteiger partial charge in [-0.15, -0.1) is 11.8 Å². The van der Waals surface area contributed by atoms with Crippen molar-refractivity contribution in [3.8, 4) is 11.1 Å². The van der Waals surface area contributed by atoms with Crippen molar-refractivity contribution in [2.45, 2.75) is 18.2 Å². The lowest BCUT2D eigenvalue weighted by atomic mass is 10.0. The molecule has 0 atom stereocenters. The van der Waals surface area contributed by atoms with Crippen molar-refractivity contribution < 1.29 is 9.53 Å². The molecule has 134 valence electrons. The van der Waals surface area contributed by atoms with Crippen LogP contribution >= 0.6 is 23.4 Å². The van der Waals surface area contributed by atoms with Gasteiger partial charge in [0.15, 0.2) is 0 Å². The van der Waals surface area contributed by atoms with Crippen LogP contribution in [-0.4, -0.2) is 23.3 Å². The third kappa shape index (κ3) is 4.11. The van der Waals surface area contributed by atoms with Gasteiger partial charge in [-0.3, -0.25) is 9.59 Å². The summed E-state index contributed by atoms with van der Waals surface area (Å²) in [5, 5.41) is 1.49. The van der Waals surface area contributed by atoms with Crippen molar-refractivity contribution >= 4 is 40.2 Å². The van der Waals surface area contributed by atoms with Crippen LogP contribution in [0.15, 0.2) is 58.2 Å². The second kappa shape index (κ2) is 8.43. The second-order valence-corrected chi connectivity index (χ2v) is 7.18. The number of carbonyl (C=O) groups excluding carboxylic acids is 1. The molecule has 1 aromatic heterocycles. The average Bonchev–Trinajstić information content (AvgIpc) is 2.66. The SMILES string of the molecule is CCC(=O)OCCSc1c(-c2ccccc2)c2cc(Cl)ccc2[nH]c1=O. The molecule has 2 aromatic carbocycles. The molecule has 6 heteroatoms. The minimum absolute atomic E-state index is 0.162. The first kappa shape index (κ1) is 18.5. The predicted molar refractivity (Wildman–Crippen MR) is 107 cm³/mol. The van der Waals surface area contributed by atoms with Crippen LogP contribution in [0, 0.1) is 0 Å². The maximum atomic E-state index is 12.7. The van der Waals surface area contributed by atoms with Crippen molar-refractivity contribution in [1.82, 2.24) is 4.98 Å². The highest BCUT2D eigenvalue weighted by Crippen LogP contribution is 2.35. The number of nitrogens with one attached hydrogen (secondary N) is 1. The van der Waals surface area contributed by atoms with E-state index in [0.29, 0.717) is 22.1 Å². The van der Waals surface area contributed by atoms with Crippen molar-refractivity contribution in [2.24, 2.45) is 0 Å². The summed E-state index contributed by atoms with van der Waals surface area (Å²) >= 11 is 7.57. The molecule has 0 amide bonds. The number of H-pyrrole nitrogens is 1. The van der Waals surface area contributed by atoms with Crippen LogP contribution in [0.1, 0.15) is 13.3 Å². The van der Waals surface area contributed by atoms with E-state index in [0.717, 1.165) is 22.0 Å². The Balaban J connectivity index is 2.05. The quantitative estimate of drug-likeness (QED) is 0.371. The summed E-state index contributed by atoms with van der Waals surface area (Å²) in [5.41, 5.74) is 2.36. The highest BCUT2D eigenvalue weighted by molar-refractivity contribution is 7.99. The first-order valence-corrected chi connectivity index (χ1v) is 9.66. The number of benzene rings is 2. The molecule has 3 rings (SSSR count). The van der Waals surface area contributed by atoms with Crippen LogP contribution in [0.3, 0.4) is 0 Å². The van der Waals surface area contributed by atoms with Gasteiger partial charge in [-0.1, -0.05) is 48.9 Å². The van der Waals surface area contributed by atoms with E-state index in [4.69, 9.17) is 16.3 Å². The number of hydrogen-bond acceptors (Lipinski definition) is 4. The highest BCUT2D eigenvalue weighted by atomic mass is 35.5. The monoisotopic (exact) mass is 387 g/mol. The van der Waals surface area contributed by atoms with E-state index in [2.05, 4.69) is 4.98 Å². The van der Waals surface area contributed by atoms with Crippen molar-refractivity contribution in [2.75, 3.05) is 12.4 Å². The zero-order valence-electron chi connectivity index (χ0n) is 14.3. The minimum Gasteiger partial charge on any atom is -0.465 e. The van der Waals surface area contributed by atoms with Crippen LogP contribution in [0.25, 0.3) is 22.0 Å². The van der Waals surface area contributed by atoms with E-state index < -0.39 is 0 Å². The zero-order valence-corrected chi connectivity index (χ0v) is 15.8. The van der Waals surface area contributed by atoms with Gasteiger partial charge in [0.25, 0.3) is 5.56 Å².